The Morgan fingerprint density at radius 1 is 1.27 bits per heavy atom. The zero-order valence-corrected chi connectivity index (χ0v) is 13.4. The maximum Gasteiger partial charge on any atom is 0.196 e. The fourth-order valence-corrected chi connectivity index (χ4v) is 3.46. The zero-order valence-electron chi connectivity index (χ0n) is 11.8. The van der Waals surface area contributed by atoms with E-state index in [-0.39, 0.29) is 5.78 Å². The molecule has 0 amide bonds. The van der Waals surface area contributed by atoms with Gasteiger partial charge in [-0.05, 0) is 35.3 Å². The minimum atomic E-state index is -0.472. The number of ketones is 1. The second-order valence-electron chi connectivity index (χ2n) is 4.55. The minimum Gasteiger partial charge on any atom is -0.388 e. The van der Waals surface area contributed by atoms with Crippen LogP contribution in [0.25, 0.3) is 10.7 Å². The summed E-state index contributed by atoms with van der Waals surface area (Å²) in [4.78, 5) is 13.4. The number of hydrogen-bond acceptors (Lipinski definition) is 6. The number of carbonyl (C=O) groups excluding carboxylic acids is 1. The fourth-order valence-electron chi connectivity index (χ4n) is 1.93. The Labute approximate surface area is 135 Å². The minimum absolute atomic E-state index is 0.282. The van der Waals surface area contributed by atoms with Gasteiger partial charge in [-0.1, -0.05) is 18.2 Å². The highest BCUT2D eigenvalue weighted by atomic mass is 32.2. The van der Waals surface area contributed by atoms with Crippen LogP contribution in [0.1, 0.15) is 10.4 Å². The van der Waals surface area contributed by atoms with Gasteiger partial charge >= 0.3 is 0 Å². The summed E-state index contributed by atoms with van der Waals surface area (Å²) >= 11 is 3.10. The zero-order chi connectivity index (χ0) is 15.5. The molecule has 0 atom stereocenters. The largest absolute Gasteiger partial charge is 0.388 e. The van der Waals surface area contributed by atoms with E-state index in [4.69, 9.17) is 5.11 Å². The van der Waals surface area contributed by atoms with Gasteiger partial charge in [0.05, 0.1) is 4.88 Å². The van der Waals surface area contributed by atoms with Gasteiger partial charge in [0.2, 0.25) is 0 Å². The van der Waals surface area contributed by atoms with Crippen molar-refractivity contribution in [1.82, 2.24) is 14.8 Å². The normalized spacial score (nSPS) is 10.8. The summed E-state index contributed by atoms with van der Waals surface area (Å²) < 4.78 is 1.95. The second-order valence-corrected chi connectivity index (χ2v) is 6.54. The van der Waals surface area contributed by atoms with E-state index in [0.717, 1.165) is 20.8 Å². The van der Waals surface area contributed by atoms with Crippen molar-refractivity contribution in [2.75, 3.05) is 6.61 Å². The van der Waals surface area contributed by atoms with Crippen LogP contribution in [0.5, 0.6) is 0 Å². The Kier molecular flexibility index (Phi) is 4.37. The monoisotopic (exact) mass is 331 g/mol. The summed E-state index contributed by atoms with van der Waals surface area (Å²) in [5.41, 5.74) is 0.504. The molecule has 0 saturated heterocycles. The summed E-state index contributed by atoms with van der Waals surface area (Å²) in [6.07, 6.45) is 0. The SMILES string of the molecule is Cn1c(Sc2ccc(C(=O)CO)cc2)nnc1-c1cccs1. The van der Waals surface area contributed by atoms with Crippen molar-refractivity contribution < 1.29 is 9.90 Å². The van der Waals surface area contributed by atoms with Crippen molar-refractivity contribution in [3.05, 3.63) is 47.3 Å². The molecule has 5 nitrogen and oxygen atoms in total. The Morgan fingerprint density at radius 2 is 2.05 bits per heavy atom. The third-order valence-electron chi connectivity index (χ3n) is 3.11. The average molecular weight is 331 g/mol. The van der Waals surface area contributed by atoms with E-state index < -0.39 is 6.61 Å². The van der Waals surface area contributed by atoms with Crippen LogP contribution in [-0.4, -0.2) is 32.3 Å². The van der Waals surface area contributed by atoms with E-state index in [9.17, 15) is 4.79 Å². The van der Waals surface area contributed by atoms with Crippen molar-refractivity contribution in [2.45, 2.75) is 10.1 Å². The van der Waals surface area contributed by atoms with Crippen LogP contribution >= 0.6 is 23.1 Å². The number of aliphatic hydroxyl groups excluding tert-OH is 1. The number of Topliss-reactive ketones (excluding diaryl/α,β-unsaturated/α-hetero) is 1. The van der Waals surface area contributed by atoms with Gasteiger partial charge < -0.3 is 9.67 Å². The Morgan fingerprint density at radius 3 is 2.68 bits per heavy atom. The van der Waals surface area contributed by atoms with Crippen LogP contribution in [0.15, 0.2) is 51.8 Å². The lowest BCUT2D eigenvalue weighted by atomic mass is 10.1. The molecule has 0 saturated carbocycles. The molecule has 3 aromatic rings. The number of aromatic nitrogens is 3. The fraction of sp³-hybridized carbons (Fsp3) is 0.133. The summed E-state index contributed by atoms with van der Waals surface area (Å²) in [5, 5.41) is 20.1. The summed E-state index contributed by atoms with van der Waals surface area (Å²) in [6, 6.07) is 11.1. The maximum atomic E-state index is 11.4. The van der Waals surface area contributed by atoms with Gasteiger partial charge in [-0.15, -0.1) is 21.5 Å². The molecule has 3 rings (SSSR count). The van der Waals surface area contributed by atoms with Crippen LogP contribution in [0.2, 0.25) is 0 Å². The van der Waals surface area contributed by atoms with E-state index in [1.54, 1.807) is 23.5 Å². The van der Waals surface area contributed by atoms with Crippen molar-refractivity contribution in [2.24, 2.45) is 7.05 Å². The van der Waals surface area contributed by atoms with Gasteiger partial charge in [-0.2, -0.15) is 0 Å². The molecule has 2 aromatic heterocycles. The molecular formula is C15H13N3O2S2. The first kappa shape index (κ1) is 15.0. The summed E-state index contributed by atoms with van der Waals surface area (Å²) in [7, 11) is 1.93. The van der Waals surface area contributed by atoms with Crippen LogP contribution in [0.4, 0.5) is 0 Å². The Balaban J connectivity index is 1.80. The van der Waals surface area contributed by atoms with Crippen molar-refractivity contribution in [3.63, 3.8) is 0 Å². The highest BCUT2D eigenvalue weighted by molar-refractivity contribution is 7.99. The van der Waals surface area contributed by atoms with E-state index in [1.165, 1.54) is 11.8 Å². The molecule has 0 bridgehead atoms. The first-order valence-corrected chi connectivity index (χ1v) is 8.24. The summed E-state index contributed by atoms with van der Waals surface area (Å²) in [5.74, 6) is 0.555. The molecular weight excluding hydrogens is 318 g/mol. The van der Waals surface area contributed by atoms with E-state index >= 15 is 0 Å². The van der Waals surface area contributed by atoms with Crippen molar-refractivity contribution in [3.8, 4) is 10.7 Å². The highest BCUT2D eigenvalue weighted by Gasteiger charge is 2.13. The topological polar surface area (TPSA) is 68.0 Å². The third-order valence-corrected chi connectivity index (χ3v) is 5.02. The van der Waals surface area contributed by atoms with E-state index in [1.807, 2.05) is 41.3 Å². The number of hydrogen-bond donors (Lipinski definition) is 1. The van der Waals surface area contributed by atoms with Crippen LogP contribution in [0.3, 0.4) is 0 Å². The van der Waals surface area contributed by atoms with Gasteiger partial charge in [0.15, 0.2) is 16.8 Å². The molecule has 0 spiro atoms. The lowest BCUT2D eigenvalue weighted by molar-refractivity contribution is 0.0903. The molecule has 0 unspecified atom stereocenters. The summed E-state index contributed by atoms with van der Waals surface area (Å²) in [6.45, 7) is -0.472. The lowest BCUT2D eigenvalue weighted by Crippen LogP contribution is -2.03. The molecule has 0 aliphatic carbocycles. The first-order valence-electron chi connectivity index (χ1n) is 6.54. The van der Waals surface area contributed by atoms with Gasteiger partial charge in [0.1, 0.15) is 6.61 Å². The maximum absolute atomic E-state index is 11.4. The number of nitrogens with zero attached hydrogens (tertiary/aromatic N) is 3. The van der Waals surface area contributed by atoms with Gasteiger partial charge in [-0.25, -0.2) is 0 Å². The molecule has 2 heterocycles. The smallest absolute Gasteiger partial charge is 0.196 e. The molecule has 0 fully saturated rings. The van der Waals surface area contributed by atoms with Gasteiger partial charge in [-0.3, -0.25) is 4.79 Å². The molecule has 7 heteroatoms. The van der Waals surface area contributed by atoms with Gasteiger partial charge in [0.25, 0.3) is 0 Å². The standard InChI is InChI=1S/C15H13N3O2S2/c1-18-14(13-3-2-8-21-13)16-17-15(18)22-11-6-4-10(5-7-11)12(20)9-19/h2-8,19H,9H2,1H3. The molecule has 0 aliphatic heterocycles. The van der Waals surface area contributed by atoms with Gasteiger partial charge in [0, 0.05) is 17.5 Å². The lowest BCUT2D eigenvalue weighted by Gasteiger charge is -2.03. The number of carbonyl (C=O) groups is 1. The van der Waals surface area contributed by atoms with Crippen LogP contribution < -0.4 is 0 Å². The van der Waals surface area contributed by atoms with Crippen molar-refractivity contribution >= 4 is 28.9 Å². The Bertz CT molecular complexity index is 780. The molecule has 0 aliphatic rings. The predicted octanol–water partition coefficient (Wildman–Crippen LogP) is 2.87. The van der Waals surface area contributed by atoms with Crippen molar-refractivity contribution in [1.29, 1.82) is 0 Å². The van der Waals surface area contributed by atoms with Crippen LogP contribution in [0, 0.1) is 0 Å². The highest BCUT2D eigenvalue weighted by Crippen LogP contribution is 2.30. The second kappa shape index (κ2) is 6.43. The molecule has 22 heavy (non-hydrogen) atoms. The third kappa shape index (κ3) is 2.96. The molecule has 1 N–H and O–H groups in total. The quantitative estimate of drug-likeness (QED) is 0.728. The van der Waals surface area contributed by atoms with Crippen LogP contribution in [-0.2, 0) is 7.05 Å². The number of aliphatic hydroxyl groups is 1. The van der Waals surface area contributed by atoms with E-state index in [2.05, 4.69) is 10.2 Å². The number of benzene rings is 1. The molecule has 1 aromatic carbocycles. The molecule has 112 valence electrons. The molecule has 0 radical (unpaired) electrons. The first-order chi connectivity index (χ1) is 10.7. The number of rotatable bonds is 5. The number of thiophene rings is 1. The predicted molar refractivity (Wildman–Crippen MR) is 86.3 cm³/mol. The average Bonchev–Trinajstić information content (AvgIpc) is 3.18. The van der Waals surface area contributed by atoms with E-state index in [0.29, 0.717) is 5.56 Å². The Hall–Kier alpha value is -1.96.